The zero-order chi connectivity index (χ0) is 26.3. The highest BCUT2D eigenvalue weighted by atomic mass is 32.2. The van der Waals surface area contributed by atoms with Gasteiger partial charge in [0, 0.05) is 31.2 Å². The van der Waals surface area contributed by atoms with E-state index in [-0.39, 0.29) is 35.7 Å². The zero-order valence-electron chi connectivity index (χ0n) is 20.9. The van der Waals surface area contributed by atoms with Crippen LogP contribution in [0.3, 0.4) is 0 Å². The topological polar surface area (TPSA) is 127 Å². The Morgan fingerprint density at radius 2 is 1.78 bits per heavy atom. The summed E-state index contributed by atoms with van der Waals surface area (Å²) in [5, 5.41) is 3.20. The summed E-state index contributed by atoms with van der Waals surface area (Å²) in [6.45, 7) is 2.06. The first-order valence-electron chi connectivity index (χ1n) is 11.8. The minimum atomic E-state index is -3.71. The molecule has 1 aromatic carbocycles. The van der Waals surface area contributed by atoms with Gasteiger partial charge >= 0.3 is 0 Å². The van der Waals surface area contributed by atoms with Crippen molar-refractivity contribution < 1.29 is 26.0 Å². The number of rotatable bonds is 10. The van der Waals surface area contributed by atoms with Gasteiger partial charge in [-0.05, 0) is 50.2 Å². The van der Waals surface area contributed by atoms with Crippen LogP contribution in [0.5, 0.6) is 0 Å². The predicted molar refractivity (Wildman–Crippen MR) is 141 cm³/mol. The highest BCUT2D eigenvalue weighted by Crippen LogP contribution is 2.46. The van der Waals surface area contributed by atoms with Gasteiger partial charge in [0.15, 0.2) is 0 Å². The van der Waals surface area contributed by atoms with E-state index in [0.717, 1.165) is 36.5 Å². The first-order valence-corrected chi connectivity index (χ1v) is 15.7. The average molecular weight is 534 g/mol. The number of hydrogen-bond acceptors (Lipinski definition) is 7. The smallest absolute Gasteiger partial charge is 0.255 e. The van der Waals surface area contributed by atoms with Crippen LogP contribution >= 0.6 is 0 Å². The van der Waals surface area contributed by atoms with Gasteiger partial charge in [-0.2, -0.15) is 4.98 Å². The van der Waals surface area contributed by atoms with Crippen LogP contribution in [0.4, 0.5) is 5.82 Å². The van der Waals surface area contributed by atoms with Crippen LogP contribution in [0, 0.1) is 6.92 Å². The Hall–Kier alpha value is -2.92. The van der Waals surface area contributed by atoms with Crippen LogP contribution < -0.4 is 9.62 Å². The largest absolute Gasteiger partial charge is 0.437 e. The molecule has 0 spiro atoms. The van der Waals surface area contributed by atoms with Crippen molar-refractivity contribution in [3.05, 3.63) is 47.0 Å². The molecule has 9 nitrogen and oxygen atoms in total. The average Bonchev–Trinajstić information content (AvgIpc) is 3.57. The number of aromatic nitrogens is 1. The minimum absolute atomic E-state index is 0.0138. The van der Waals surface area contributed by atoms with E-state index in [1.807, 2.05) is 37.3 Å². The molecule has 4 rings (SSSR count). The summed E-state index contributed by atoms with van der Waals surface area (Å²) in [5.41, 5.74) is 3.06. The molecule has 0 unspecified atom stereocenters. The second-order valence-corrected chi connectivity index (χ2v) is 13.6. The van der Waals surface area contributed by atoms with Gasteiger partial charge in [0.1, 0.15) is 21.4 Å². The number of anilines is 1. The van der Waals surface area contributed by atoms with Crippen molar-refractivity contribution in [1.29, 1.82) is 0 Å². The molecule has 194 valence electrons. The van der Waals surface area contributed by atoms with Gasteiger partial charge in [-0.25, -0.2) is 16.8 Å². The van der Waals surface area contributed by atoms with Gasteiger partial charge in [-0.3, -0.25) is 9.10 Å². The molecule has 1 N–H and O–H groups in total. The van der Waals surface area contributed by atoms with E-state index in [0.29, 0.717) is 35.1 Å². The Balaban J connectivity index is 1.85. The van der Waals surface area contributed by atoms with E-state index in [2.05, 4.69) is 10.3 Å². The Bertz CT molecular complexity index is 1510. The molecule has 1 saturated carbocycles. The third-order valence-electron chi connectivity index (χ3n) is 6.24. The van der Waals surface area contributed by atoms with Crippen LogP contribution in [0.1, 0.15) is 53.1 Å². The Morgan fingerprint density at radius 1 is 1.11 bits per heavy atom. The van der Waals surface area contributed by atoms with Crippen molar-refractivity contribution in [1.82, 2.24) is 10.3 Å². The normalized spacial score (nSPS) is 14.2. The Kier molecular flexibility index (Phi) is 7.16. The number of sulfonamides is 1. The van der Waals surface area contributed by atoms with Gasteiger partial charge in [0.05, 0.1) is 17.2 Å². The third-order valence-corrected chi connectivity index (χ3v) is 8.43. The Labute approximate surface area is 211 Å². The van der Waals surface area contributed by atoms with Gasteiger partial charge in [-0.1, -0.05) is 29.8 Å². The molecule has 0 atom stereocenters. The fourth-order valence-corrected chi connectivity index (χ4v) is 5.88. The standard InChI is InChI=1S/C25H31N3O6S2/c1-16-7-9-18(10-8-16)22-21(24(29)26-2)20-15-19(17-11-12-17)23(27-25(20)34-22)28(36(4,32)33)13-5-6-14-35(3,30)31/h7-10,15,17H,5-6,11-14H2,1-4H3,(H,26,29). The molecule has 1 fully saturated rings. The second-order valence-electron chi connectivity index (χ2n) is 9.45. The minimum Gasteiger partial charge on any atom is -0.437 e. The first kappa shape index (κ1) is 26.2. The van der Waals surface area contributed by atoms with Gasteiger partial charge in [-0.15, -0.1) is 0 Å². The van der Waals surface area contributed by atoms with E-state index >= 15 is 0 Å². The SMILES string of the molecule is CNC(=O)c1c(-c2ccc(C)cc2)oc2nc(N(CCCCS(C)(=O)=O)S(C)(=O)=O)c(C3CC3)cc12. The molecule has 1 aliphatic carbocycles. The van der Waals surface area contributed by atoms with E-state index in [1.165, 1.54) is 4.31 Å². The maximum Gasteiger partial charge on any atom is 0.255 e. The first-order chi connectivity index (χ1) is 16.9. The lowest BCUT2D eigenvalue weighted by Crippen LogP contribution is -2.32. The van der Waals surface area contributed by atoms with E-state index in [4.69, 9.17) is 4.42 Å². The fourth-order valence-electron chi connectivity index (χ4n) is 4.23. The number of nitrogens with zero attached hydrogens (tertiary/aromatic N) is 2. The highest BCUT2D eigenvalue weighted by Gasteiger charge is 2.34. The Morgan fingerprint density at radius 3 is 2.33 bits per heavy atom. The van der Waals surface area contributed by atoms with Crippen LogP contribution in [0.15, 0.2) is 34.7 Å². The quantitative estimate of drug-likeness (QED) is 0.394. The number of unbranched alkanes of at least 4 members (excludes halogenated alkanes) is 1. The maximum absolute atomic E-state index is 12.9. The summed E-state index contributed by atoms with van der Waals surface area (Å²) in [7, 11) is -5.31. The number of fused-ring (bicyclic) bond motifs is 1. The van der Waals surface area contributed by atoms with Crippen molar-refractivity contribution in [2.24, 2.45) is 0 Å². The van der Waals surface area contributed by atoms with E-state index in [9.17, 15) is 21.6 Å². The number of nitrogens with one attached hydrogen (secondary N) is 1. The highest BCUT2D eigenvalue weighted by molar-refractivity contribution is 7.92. The maximum atomic E-state index is 12.9. The summed E-state index contributed by atoms with van der Waals surface area (Å²) in [6, 6.07) is 9.41. The number of benzene rings is 1. The van der Waals surface area contributed by atoms with Crippen LogP contribution in [0.25, 0.3) is 22.4 Å². The number of aryl methyl sites for hydroxylation is 1. The van der Waals surface area contributed by atoms with E-state index in [1.54, 1.807) is 7.05 Å². The summed E-state index contributed by atoms with van der Waals surface area (Å²) < 4.78 is 56.0. The molecule has 0 bridgehead atoms. The summed E-state index contributed by atoms with van der Waals surface area (Å²) in [4.78, 5) is 17.6. The van der Waals surface area contributed by atoms with Crippen molar-refractivity contribution >= 4 is 42.7 Å². The fraction of sp³-hybridized carbons (Fsp3) is 0.440. The van der Waals surface area contributed by atoms with Crippen molar-refractivity contribution in [2.75, 3.05) is 36.2 Å². The number of hydrogen-bond donors (Lipinski definition) is 1. The van der Waals surface area contributed by atoms with Gasteiger partial charge in [0.25, 0.3) is 5.91 Å². The van der Waals surface area contributed by atoms with Crippen molar-refractivity contribution in [3.63, 3.8) is 0 Å². The number of sulfone groups is 1. The molecule has 11 heteroatoms. The molecule has 2 heterocycles. The van der Waals surface area contributed by atoms with E-state index < -0.39 is 19.9 Å². The predicted octanol–water partition coefficient (Wildman–Crippen LogP) is 3.63. The molecule has 3 aromatic rings. The molecule has 0 radical (unpaired) electrons. The molecule has 36 heavy (non-hydrogen) atoms. The molecule has 0 aliphatic heterocycles. The van der Waals surface area contributed by atoms with Crippen LogP contribution in [-0.2, 0) is 19.9 Å². The van der Waals surface area contributed by atoms with Crippen LogP contribution in [-0.4, -0.2) is 59.6 Å². The summed E-state index contributed by atoms with van der Waals surface area (Å²) in [5.74, 6) is 0.447. The molecule has 2 aromatic heterocycles. The molecule has 1 aliphatic rings. The van der Waals surface area contributed by atoms with Crippen molar-refractivity contribution in [3.8, 4) is 11.3 Å². The molecular weight excluding hydrogens is 502 g/mol. The monoisotopic (exact) mass is 533 g/mol. The van der Waals surface area contributed by atoms with Gasteiger partial charge < -0.3 is 9.73 Å². The molecule has 1 amide bonds. The number of pyridine rings is 1. The molecule has 0 saturated heterocycles. The number of carbonyl (C=O) groups excluding carboxylic acids is 1. The number of carbonyl (C=O) groups is 1. The molecular formula is C25H31N3O6S2. The van der Waals surface area contributed by atoms with Gasteiger partial charge in [0.2, 0.25) is 15.7 Å². The second kappa shape index (κ2) is 9.85. The number of furan rings is 1. The lowest BCUT2D eigenvalue weighted by molar-refractivity contribution is 0.0964. The third kappa shape index (κ3) is 5.73. The number of amides is 1. The lowest BCUT2D eigenvalue weighted by atomic mass is 10.0. The summed E-state index contributed by atoms with van der Waals surface area (Å²) >= 11 is 0. The summed E-state index contributed by atoms with van der Waals surface area (Å²) in [6.07, 6.45) is 4.76. The lowest BCUT2D eigenvalue weighted by Gasteiger charge is -2.23. The van der Waals surface area contributed by atoms with Crippen molar-refractivity contribution in [2.45, 2.75) is 38.5 Å². The zero-order valence-corrected chi connectivity index (χ0v) is 22.5. The van der Waals surface area contributed by atoms with Crippen LogP contribution in [0.2, 0.25) is 0 Å².